The van der Waals surface area contributed by atoms with Crippen LogP contribution in [0.5, 0.6) is 0 Å². The van der Waals surface area contributed by atoms with E-state index < -0.39 is 11.4 Å². The number of nitrogens with zero attached hydrogens (tertiary/aromatic N) is 1. The number of aromatic nitrogens is 1. The molecule has 4 heteroatoms. The van der Waals surface area contributed by atoms with Crippen LogP contribution in [-0.2, 0) is 16.8 Å². The Bertz CT molecular complexity index is 1440. The minimum Gasteiger partial charge on any atom is -0.481 e. The number of hydrogen-bond donors (Lipinski definition) is 2. The van der Waals surface area contributed by atoms with Gasteiger partial charge < -0.3 is 10.1 Å². The monoisotopic (exact) mass is 462 g/mol. The molecule has 2 N–H and O–H groups in total. The van der Waals surface area contributed by atoms with Gasteiger partial charge >= 0.3 is 5.97 Å². The molecule has 4 aromatic rings. The summed E-state index contributed by atoms with van der Waals surface area (Å²) in [5, 5.41) is 12.2. The van der Waals surface area contributed by atoms with Crippen LogP contribution in [-0.4, -0.2) is 34.0 Å². The predicted molar refractivity (Wildman–Crippen MR) is 138 cm³/mol. The van der Waals surface area contributed by atoms with Crippen molar-refractivity contribution in [1.82, 2.24) is 9.88 Å². The van der Waals surface area contributed by atoms with Crippen LogP contribution < -0.4 is 0 Å². The number of carboxylic acids is 1. The Morgan fingerprint density at radius 2 is 1.77 bits per heavy atom. The molecule has 3 aromatic carbocycles. The Morgan fingerprint density at radius 3 is 2.54 bits per heavy atom. The molecule has 1 saturated carbocycles. The molecule has 4 nitrogen and oxygen atoms in total. The number of para-hydroxylation sites is 1. The SMILES string of the molecule is Cc1ccc(C23CCC(c4[nH]c5ccccc5c42)C2(C(=O)O)CN(Cc4ccccc4)CC32)cc1. The highest BCUT2D eigenvalue weighted by atomic mass is 16.4. The lowest BCUT2D eigenvalue weighted by atomic mass is 9.43. The van der Waals surface area contributed by atoms with Crippen LogP contribution in [0, 0.1) is 18.3 Å². The lowest BCUT2D eigenvalue weighted by Crippen LogP contribution is -2.60. The van der Waals surface area contributed by atoms with Gasteiger partial charge in [0.25, 0.3) is 0 Å². The molecular weight excluding hydrogens is 432 g/mol. The van der Waals surface area contributed by atoms with Crippen molar-refractivity contribution in [2.75, 3.05) is 13.1 Å². The van der Waals surface area contributed by atoms with E-state index in [0.29, 0.717) is 6.54 Å². The normalized spacial score (nSPS) is 29.3. The summed E-state index contributed by atoms with van der Waals surface area (Å²) in [5.41, 5.74) is 6.28. The van der Waals surface area contributed by atoms with Gasteiger partial charge in [-0.1, -0.05) is 78.4 Å². The van der Waals surface area contributed by atoms with E-state index in [4.69, 9.17) is 0 Å². The van der Waals surface area contributed by atoms with Crippen molar-refractivity contribution in [1.29, 1.82) is 0 Å². The molecule has 2 bridgehead atoms. The number of H-pyrrole nitrogens is 1. The van der Waals surface area contributed by atoms with Crippen LogP contribution >= 0.6 is 0 Å². The van der Waals surface area contributed by atoms with Crippen molar-refractivity contribution in [2.45, 2.75) is 37.6 Å². The number of aromatic amines is 1. The highest BCUT2D eigenvalue weighted by molar-refractivity contribution is 5.90. The van der Waals surface area contributed by atoms with Crippen molar-refractivity contribution in [2.24, 2.45) is 11.3 Å². The van der Waals surface area contributed by atoms with Gasteiger partial charge in [-0.2, -0.15) is 0 Å². The zero-order valence-electron chi connectivity index (χ0n) is 20.0. The Labute approximate surface area is 205 Å². The molecule has 0 amide bonds. The number of carbonyl (C=O) groups is 1. The lowest BCUT2D eigenvalue weighted by molar-refractivity contribution is -0.157. The molecule has 4 unspecified atom stereocenters. The number of fused-ring (bicyclic) bond motifs is 2. The van der Waals surface area contributed by atoms with Gasteiger partial charge in [0.15, 0.2) is 0 Å². The summed E-state index contributed by atoms with van der Waals surface area (Å²) in [6.07, 6.45) is 1.89. The van der Waals surface area contributed by atoms with E-state index in [1.165, 1.54) is 33.3 Å². The van der Waals surface area contributed by atoms with Gasteiger partial charge in [-0.05, 0) is 42.5 Å². The number of nitrogens with one attached hydrogen (secondary N) is 1. The quantitative estimate of drug-likeness (QED) is 0.400. The third-order valence-electron chi connectivity index (χ3n) is 9.34. The maximum absolute atomic E-state index is 13.4. The highest BCUT2D eigenvalue weighted by Crippen LogP contribution is 2.69. The molecule has 176 valence electrons. The van der Waals surface area contributed by atoms with E-state index in [2.05, 4.69) is 89.6 Å². The van der Waals surface area contributed by atoms with Gasteiger partial charge in [-0.15, -0.1) is 0 Å². The third kappa shape index (κ3) is 2.69. The first-order valence-corrected chi connectivity index (χ1v) is 12.7. The minimum absolute atomic E-state index is 0.000460. The van der Waals surface area contributed by atoms with Gasteiger partial charge in [0.05, 0.1) is 5.41 Å². The topological polar surface area (TPSA) is 56.3 Å². The largest absolute Gasteiger partial charge is 0.481 e. The summed E-state index contributed by atoms with van der Waals surface area (Å²) < 4.78 is 0. The molecule has 35 heavy (non-hydrogen) atoms. The van der Waals surface area contributed by atoms with E-state index in [9.17, 15) is 9.90 Å². The summed E-state index contributed by atoms with van der Waals surface area (Å²) in [7, 11) is 0. The van der Waals surface area contributed by atoms with Crippen molar-refractivity contribution in [3.8, 4) is 0 Å². The zero-order chi connectivity index (χ0) is 23.8. The lowest BCUT2D eigenvalue weighted by Gasteiger charge is -2.58. The number of rotatable bonds is 4. The van der Waals surface area contributed by atoms with Crippen LogP contribution in [0.1, 0.15) is 46.7 Å². The summed E-state index contributed by atoms with van der Waals surface area (Å²) in [6, 6.07) is 27.9. The Morgan fingerprint density at radius 1 is 1.03 bits per heavy atom. The third-order valence-corrected chi connectivity index (χ3v) is 9.34. The Hall–Kier alpha value is -3.37. The van der Waals surface area contributed by atoms with Crippen molar-refractivity contribution in [3.63, 3.8) is 0 Å². The summed E-state index contributed by atoms with van der Waals surface area (Å²) in [6.45, 7) is 4.30. The fourth-order valence-electron chi connectivity index (χ4n) is 7.99. The molecule has 0 spiro atoms. The smallest absolute Gasteiger partial charge is 0.312 e. The summed E-state index contributed by atoms with van der Waals surface area (Å²) >= 11 is 0. The van der Waals surface area contributed by atoms with Gasteiger partial charge in [-0.25, -0.2) is 0 Å². The standard InChI is InChI=1S/C31H30N2O2/c1-20-11-13-22(14-12-20)30-16-15-24(28-27(30)23-9-5-6-10-25(23)32-28)31(29(34)35)19-33(18-26(30)31)17-21-7-3-2-4-8-21/h2-14,24,26,32H,15-19H2,1H3,(H,34,35). The van der Waals surface area contributed by atoms with E-state index >= 15 is 0 Å². The second kappa shape index (κ2) is 7.32. The number of aliphatic carboxylic acids is 1. The molecule has 2 fully saturated rings. The van der Waals surface area contributed by atoms with E-state index in [0.717, 1.165) is 31.4 Å². The highest BCUT2D eigenvalue weighted by Gasteiger charge is 2.71. The number of benzene rings is 3. The number of carboxylic acid groups (broad SMARTS) is 1. The molecule has 0 radical (unpaired) electrons. The molecular formula is C31H30N2O2. The molecule has 8 rings (SSSR count). The Kier molecular flexibility index (Phi) is 4.38. The van der Waals surface area contributed by atoms with Crippen molar-refractivity contribution in [3.05, 3.63) is 107 Å². The Balaban J connectivity index is 1.47. The number of hydrogen-bond acceptors (Lipinski definition) is 2. The summed E-state index contributed by atoms with van der Waals surface area (Å²) in [4.78, 5) is 19.5. The first kappa shape index (κ1) is 21.0. The second-order valence-corrected chi connectivity index (χ2v) is 10.9. The van der Waals surface area contributed by atoms with Gasteiger partial charge in [-0.3, -0.25) is 9.69 Å². The van der Waals surface area contributed by atoms with E-state index in [1.807, 2.05) is 6.07 Å². The van der Waals surface area contributed by atoms with Gasteiger partial charge in [0.1, 0.15) is 0 Å². The van der Waals surface area contributed by atoms with Crippen LogP contribution in [0.3, 0.4) is 0 Å². The zero-order valence-corrected chi connectivity index (χ0v) is 20.0. The maximum Gasteiger partial charge on any atom is 0.312 e. The number of aryl methyl sites for hydroxylation is 1. The van der Waals surface area contributed by atoms with Gasteiger partial charge in [0, 0.05) is 53.5 Å². The second-order valence-electron chi connectivity index (χ2n) is 10.9. The molecule has 3 aliphatic carbocycles. The average molecular weight is 463 g/mol. The number of likely N-dealkylation sites (tertiary alicyclic amines) is 1. The average Bonchev–Trinajstić information content (AvgIpc) is 3.47. The molecule has 4 atom stereocenters. The summed E-state index contributed by atoms with van der Waals surface area (Å²) in [5.74, 6) is -0.617. The van der Waals surface area contributed by atoms with Crippen LogP contribution in [0.2, 0.25) is 0 Å². The fraction of sp³-hybridized carbons (Fsp3) is 0.323. The van der Waals surface area contributed by atoms with Crippen molar-refractivity contribution < 1.29 is 9.90 Å². The van der Waals surface area contributed by atoms with E-state index in [1.54, 1.807) is 0 Å². The van der Waals surface area contributed by atoms with E-state index in [-0.39, 0.29) is 17.3 Å². The molecule has 2 heterocycles. The molecule has 4 aliphatic rings. The minimum atomic E-state index is -0.800. The fourth-order valence-corrected chi connectivity index (χ4v) is 7.99. The van der Waals surface area contributed by atoms with Crippen LogP contribution in [0.4, 0.5) is 0 Å². The van der Waals surface area contributed by atoms with Crippen molar-refractivity contribution >= 4 is 16.9 Å². The van der Waals surface area contributed by atoms with Crippen LogP contribution in [0.25, 0.3) is 10.9 Å². The molecule has 1 aliphatic heterocycles. The molecule has 1 saturated heterocycles. The van der Waals surface area contributed by atoms with Gasteiger partial charge in [0.2, 0.25) is 0 Å². The van der Waals surface area contributed by atoms with Crippen LogP contribution in [0.15, 0.2) is 78.9 Å². The molecule has 1 aromatic heterocycles. The first-order valence-electron chi connectivity index (χ1n) is 12.7. The first-order chi connectivity index (χ1) is 17.0. The maximum atomic E-state index is 13.4. The predicted octanol–water partition coefficient (Wildman–Crippen LogP) is 5.86.